The van der Waals surface area contributed by atoms with Crippen LogP contribution in [0.5, 0.6) is 0 Å². The third kappa shape index (κ3) is 5.33. The number of hydrogen-bond donors (Lipinski definition) is 1. The maximum atomic E-state index is 12.9. The number of allylic oxidation sites excluding steroid dienone is 1. The van der Waals surface area contributed by atoms with Crippen LogP contribution in [0.2, 0.25) is 0 Å². The van der Waals surface area contributed by atoms with Gasteiger partial charge in [0.15, 0.2) is 11.0 Å². The molecule has 2 heterocycles. The number of thiophene rings is 1. The van der Waals surface area contributed by atoms with Crippen LogP contribution >= 0.6 is 23.1 Å². The van der Waals surface area contributed by atoms with Crippen LogP contribution in [0.1, 0.15) is 29.3 Å². The molecule has 0 bridgehead atoms. The Morgan fingerprint density at radius 2 is 2.21 bits per heavy atom. The van der Waals surface area contributed by atoms with Crippen molar-refractivity contribution >= 4 is 34.7 Å². The molecule has 1 unspecified atom stereocenters. The fraction of sp³-hybridized carbons (Fsp3) is 0.348. The summed E-state index contributed by atoms with van der Waals surface area (Å²) >= 11 is 2.94. The number of nitrogens with one attached hydrogen (secondary N) is 1. The number of alkyl halides is 3. The van der Waals surface area contributed by atoms with E-state index in [0.29, 0.717) is 17.6 Å². The molecule has 2 aromatic heterocycles. The Labute approximate surface area is 198 Å². The summed E-state index contributed by atoms with van der Waals surface area (Å²) in [6, 6.07) is 4.58. The van der Waals surface area contributed by atoms with Gasteiger partial charge in [-0.25, -0.2) is 0 Å². The van der Waals surface area contributed by atoms with Gasteiger partial charge in [-0.2, -0.15) is 13.2 Å². The second-order valence-electron chi connectivity index (χ2n) is 8.02. The number of nitrogens with zero attached hydrogens (tertiary/aromatic N) is 3. The number of hydrogen-bond acceptors (Lipinski definition) is 5. The van der Waals surface area contributed by atoms with Gasteiger partial charge in [0.1, 0.15) is 0 Å². The first-order valence-corrected chi connectivity index (χ1v) is 12.4. The van der Waals surface area contributed by atoms with Crippen molar-refractivity contribution in [1.82, 2.24) is 14.8 Å². The summed E-state index contributed by atoms with van der Waals surface area (Å²) in [6.07, 6.45) is 0.515. The highest BCUT2D eigenvalue weighted by atomic mass is 32.2. The quantitative estimate of drug-likeness (QED) is 0.321. The minimum Gasteiger partial charge on any atom is -0.325 e. The lowest BCUT2D eigenvalue weighted by molar-refractivity contribution is -0.137. The standard InChI is InChI=1S/C23H23F3N4OS2/c1-3-9-30-21(18-12-32-19-10-14(2)7-8-17(18)19)28-29-22(30)33-13-20(31)27-16-6-4-5-15(11-16)23(24,25)26/h3-6,11-12,14H,1,7-10,13H2,2H3,(H,27,31). The van der Waals surface area contributed by atoms with E-state index in [0.717, 1.165) is 42.8 Å². The molecule has 0 aliphatic heterocycles. The van der Waals surface area contributed by atoms with Gasteiger partial charge in [0.2, 0.25) is 5.91 Å². The second kappa shape index (κ2) is 9.72. The summed E-state index contributed by atoms with van der Waals surface area (Å²) in [7, 11) is 0. The zero-order chi connectivity index (χ0) is 23.6. The van der Waals surface area contributed by atoms with E-state index < -0.39 is 17.6 Å². The number of thioether (sulfide) groups is 1. The Morgan fingerprint density at radius 3 is 2.97 bits per heavy atom. The summed E-state index contributed by atoms with van der Waals surface area (Å²) in [5.41, 5.74) is 1.70. The number of halogens is 3. The topological polar surface area (TPSA) is 59.8 Å². The number of anilines is 1. The van der Waals surface area contributed by atoms with Gasteiger partial charge in [-0.05, 0) is 48.9 Å². The molecule has 0 radical (unpaired) electrons. The largest absolute Gasteiger partial charge is 0.416 e. The molecule has 0 spiro atoms. The van der Waals surface area contributed by atoms with Gasteiger partial charge in [-0.1, -0.05) is 30.8 Å². The van der Waals surface area contributed by atoms with Crippen LogP contribution < -0.4 is 5.32 Å². The summed E-state index contributed by atoms with van der Waals surface area (Å²) in [5, 5.41) is 13.9. The SMILES string of the molecule is C=CCn1c(SCC(=O)Nc2cccc(C(F)(F)F)c2)nnc1-c1csc2c1CCC(C)C2. The summed E-state index contributed by atoms with van der Waals surface area (Å²) in [4.78, 5) is 13.8. The predicted molar refractivity (Wildman–Crippen MR) is 126 cm³/mol. The smallest absolute Gasteiger partial charge is 0.325 e. The molecule has 1 aliphatic rings. The van der Waals surface area contributed by atoms with Crippen LogP contribution in [0.15, 0.2) is 47.5 Å². The van der Waals surface area contributed by atoms with Crippen LogP contribution in [0.3, 0.4) is 0 Å². The average Bonchev–Trinajstić information content (AvgIpc) is 3.35. The number of carbonyl (C=O) groups is 1. The number of rotatable bonds is 7. The van der Waals surface area contributed by atoms with Crippen molar-refractivity contribution in [2.24, 2.45) is 5.92 Å². The summed E-state index contributed by atoms with van der Waals surface area (Å²) < 4.78 is 40.6. The van der Waals surface area contributed by atoms with E-state index in [4.69, 9.17) is 0 Å². The van der Waals surface area contributed by atoms with Crippen molar-refractivity contribution in [3.8, 4) is 11.4 Å². The van der Waals surface area contributed by atoms with Crippen LogP contribution in [0.4, 0.5) is 18.9 Å². The van der Waals surface area contributed by atoms with Gasteiger partial charge in [0.25, 0.3) is 0 Å². The molecule has 0 saturated heterocycles. The molecule has 1 N–H and O–H groups in total. The molecule has 1 amide bonds. The fourth-order valence-electron chi connectivity index (χ4n) is 3.85. The first-order valence-electron chi connectivity index (χ1n) is 10.5. The van der Waals surface area contributed by atoms with Crippen molar-refractivity contribution < 1.29 is 18.0 Å². The zero-order valence-electron chi connectivity index (χ0n) is 18.0. The van der Waals surface area contributed by atoms with E-state index in [-0.39, 0.29) is 11.4 Å². The minimum absolute atomic E-state index is 0.00915. The van der Waals surface area contributed by atoms with E-state index in [1.54, 1.807) is 17.4 Å². The Kier molecular flexibility index (Phi) is 6.94. The average molecular weight is 493 g/mol. The van der Waals surface area contributed by atoms with E-state index in [1.807, 2.05) is 4.57 Å². The monoisotopic (exact) mass is 492 g/mol. The molecule has 1 aliphatic carbocycles. The molecule has 5 nitrogen and oxygen atoms in total. The summed E-state index contributed by atoms with van der Waals surface area (Å²) in [5.74, 6) is 1.00. The van der Waals surface area contributed by atoms with Gasteiger partial charge in [-0.3, -0.25) is 9.36 Å². The van der Waals surface area contributed by atoms with E-state index >= 15 is 0 Å². The van der Waals surface area contributed by atoms with Crippen molar-refractivity contribution in [2.75, 3.05) is 11.1 Å². The molecule has 0 saturated carbocycles. The molecular formula is C23H23F3N4OS2. The lowest BCUT2D eigenvalue weighted by Crippen LogP contribution is -2.15. The van der Waals surface area contributed by atoms with Crippen LogP contribution in [0, 0.1) is 5.92 Å². The molecule has 10 heteroatoms. The summed E-state index contributed by atoms with van der Waals surface area (Å²) in [6.45, 7) is 6.57. The van der Waals surface area contributed by atoms with Crippen molar-refractivity contribution in [2.45, 2.75) is 44.1 Å². The lowest BCUT2D eigenvalue weighted by atomic mass is 9.88. The Bertz CT molecular complexity index is 1170. The Hall–Kier alpha value is -2.59. The number of benzene rings is 1. The minimum atomic E-state index is -4.47. The van der Waals surface area contributed by atoms with Crippen molar-refractivity contribution in [3.05, 3.63) is 58.3 Å². The van der Waals surface area contributed by atoms with Crippen LogP contribution in [-0.4, -0.2) is 26.4 Å². The highest BCUT2D eigenvalue weighted by molar-refractivity contribution is 7.99. The molecule has 33 heavy (non-hydrogen) atoms. The normalized spacial score (nSPS) is 15.8. The maximum absolute atomic E-state index is 12.9. The van der Waals surface area contributed by atoms with Crippen molar-refractivity contribution in [3.63, 3.8) is 0 Å². The first kappa shape index (κ1) is 23.6. The van der Waals surface area contributed by atoms with Gasteiger partial charge in [0.05, 0.1) is 11.3 Å². The highest BCUT2D eigenvalue weighted by Gasteiger charge is 2.30. The highest BCUT2D eigenvalue weighted by Crippen LogP contribution is 2.38. The van der Waals surface area contributed by atoms with Gasteiger partial charge in [0, 0.05) is 28.1 Å². The molecule has 0 fully saturated rings. The fourth-order valence-corrected chi connectivity index (χ4v) is 5.84. The Morgan fingerprint density at radius 1 is 1.39 bits per heavy atom. The lowest BCUT2D eigenvalue weighted by Gasteiger charge is -2.19. The third-order valence-electron chi connectivity index (χ3n) is 5.48. The van der Waals surface area contributed by atoms with Gasteiger partial charge < -0.3 is 5.32 Å². The number of carbonyl (C=O) groups excluding carboxylic acids is 1. The van der Waals surface area contributed by atoms with Gasteiger partial charge >= 0.3 is 6.18 Å². The van der Waals surface area contributed by atoms with Gasteiger partial charge in [-0.15, -0.1) is 28.1 Å². The third-order valence-corrected chi connectivity index (χ3v) is 7.50. The number of amides is 1. The van der Waals surface area contributed by atoms with Crippen molar-refractivity contribution in [1.29, 1.82) is 0 Å². The van der Waals surface area contributed by atoms with Crippen LogP contribution in [-0.2, 0) is 30.4 Å². The Balaban J connectivity index is 1.48. The second-order valence-corrected chi connectivity index (χ2v) is 9.93. The molecule has 174 valence electrons. The maximum Gasteiger partial charge on any atom is 0.416 e. The van der Waals surface area contributed by atoms with E-state index in [2.05, 4.69) is 34.4 Å². The number of fused-ring (bicyclic) bond motifs is 1. The number of aromatic nitrogens is 3. The molecule has 1 atom stereocenters. The molecular weight excluding hydrogens is 469 g/mol. The van der Waals surface area contributed by atoms with E-state index in [1.165, 1.54) is 34.3 Å². The molecule has 3 aromatic rings. The van der Waals surface area contributed by atoms with E-state index in [9.17, 15) is 18.0 Å². The molecule has 1 aromatic carbocycles. The predicted octanol–water partition coefficient (Wildman–Crippen LogP) is 6.07. The first-order chi connectivity index (χ1) is 15.8. The van der Waals surface area contributed by atoms with Crippen LogP contribution in [0.25, 0.3) is 11.4 Å². The zero-order valence-corrected chi connectivity index (χ0v) is 19.6. The molecule has 4 rings (SSSR count).